The number of halogens is 2. The molecule has 184 valence electrons. The van der Waals surface area contributed by atoms with Crippen LogP contribution >= 0.6 is 0 Å². The lowest BCUT2D eigenvalue weighted by Gasteiger charge is -2.39. The largest absolute Gasteiger partial charge is 0.493 e. The Bertz CT molecular complexity index is 954. The first-order chi connectivity index (χ1) is 16.2. The number of piperidine rings is 1. The first kappa shape index (κ1) is 25.3. The Kier molecular flexibility index (Phi) is 8.67. The van der Waals surface area contributed by atoms with Crippen LogP contribution in [0.5, 0.6) is 5.75 Å². The van der Waals surface area contributed by atoms with E-state index in [2.05, 4.69) is 19.2 Å². The summed E-state index contributed by atoms with van der Waals surface area (Å²) in [6, 6.07) is 11.8. The Labute approximate surface area is 198 Å². The molecule has 0 saturated carbocycles. The maximum absolute atomic E-state index is 15.0. The lowest BCUT2D eigenvalue weighted by molar-refractivity contribution is 0.0471. The van der Waals surface area contributed by atoms with E-state index in [1.165, 1.54) is 17.0 Å². The molecule has 1 saturated heterocycles. The van der Waals surface area contributed by atoms with Crippen LogP contribution in [0.4, 0.5) is 18.4 Å². The predicted octanol–water partition coefficient (Wildman–Crippen LogP) is 4.66. The molecule has 0 radical (unpaired) electrons. The van der Waals surface area contributed by atoms with Gasteiger partial charge >= 0.3 is 12.1 Å². The van der Waals surface area contributed by atoms with Gasteiger partial charge in [-0.2, -0.15) is 0 Å². The summed E-state index contributed by atoms with van der Waals surface area (Å²) >= 11 is 0. The monoisotopic (exact) mass is 475 g/mol. The average molecular weight is 476 g/mol. The summed E-state index contributed by atoms with van der Waals surface area (Å²) in [5, 5.41) is 12.0. The molecule has 7 nitrogen and oxygen atoms in total. The van der Waals surface area contributed by atoms with Crippen LogP contribution in [0.1, 0.15) is 31.4 Å². The van der Waals surface area contributed by atoms with Crippen molar-refractivity contribution in [1.29, 1.82) is 0 Å². The average Bonchev–Trinajstić information content (AvgIpc) is 2.81. The third-order valence-corrected chi connectivity index (χ3v) is 5.66. The molecular weight excluding hydrogens is 444 g/mol. The van der Waals surface area contributed by atoms with Gasteiger partial charge in [-0.05, 0) is 47.7 Å². The van der Waals surface area contributed by atoms with Gasteiger partial charge in [0.05, 0.1) is 19.2 Å². The van der Waals surface area contributed by atoms with Crippen molar-refractivity contribution in [1.82, 2.24) is 15.1 Å². The van der Waals surface area contributed by atoms with E-state index >= 15 is 0 Å². The molecule has 0 aromatic heterocycles. The van der Waals surface area contributed by atoms with Crippen molar-refractivity contribution in [2.75, 3.05) is 19.7 Å². The first-order valence-corrected chi connectivity index (χ1v) is 11.4. The Morgan fingerprint density at radius 3 is 2.38 bits per heavy atom. The number of carbonyl (C=O) groups is 2. The summed E-state index contributed by atoms with van der Waals surface area (Å²) in [5.41, 5.74) is 1.50. The SMILES string of the molecule is CC(C)COc1ccc(CNC(=O)N(Cc2ccc(F)cc2)[C@H]2CCN(C(=O)O)C[C@H]2F)cc1. The first-order valence-electron chi connectivity index (χ1n) is 11.4. The fraction of sp³-hybridized carbons (Fsp3) is 0.440. The van der Waals surface area contributed by atoms with Crippen molar-refractivity contribution in [3.63, 3.8) is 0 Å². The van der Waals surface area contributed by atoms with Crippen molar-refractivity contribution in [2.24, 2.45) is 5.92 Å². The maximum Gasteiger partial charge on any atom is 0.407 e. The fourth-order valence-corrected chi connectivity index (χ4v) is 3.79. The van der Waals surface area contributed by atoms with E-state index < -0.39 is 30.2 Å². The van der Waals surface area contributed by atoms with E-state index in [0.29, 0.717) is 18.1 Å². The number of carbonyl (C=O) groups excluding carboxylic acids is 1. The van der Waals surface area contributed by atoms with Gasteiger partial charge in [0.1, 0.15) is 17.7 Å². The van der Waals surface area contributed by atoms with Gasteiger partial charge in [-0.3, -0.25) is 0 Å². The highest BCUT2D eigenvalue weighted by atomic mass is 19.1. The molecule has 0 bridgehead atoms. The minimum absolute atomic E-state index is 0.0756. The molecule has 1 fully saturated rings. The molecule has 1 aliphatic heterocycles. The number of benzene rings is 2. The van der Waals surface area contributed by atoms with Crippen molar-refractivity contribution in [2.45, 2.75) is 45.6 Å². The number of amides is 3. The maximum atomic E-state index is 15.0. The highest BCUT2D eigenvalue weighted by molar-refractivity contribution is 5.75. The highest BCUT2D eigenvalue weighted by Crippen LogP contribution is 2.23. The Morgan fingerprint density at radius 1 is 1.15 bits per heavy atom. The number of ether oxygens (including phenoxy) is 1. The van der Waals surface area contributed by atoms with E-state index in [1.54, 1.807) is 12.1 Å². The Balaban J connectivity index is 1.67. The number of nitrogens with zero attached hydrogens (tertiary/aromatic N) is 2. The van der Waals surface area contributed by atoms with Crippen LogP contribution in [0.15, 0.2) is 48.5 Å². The Morgan fingerprint density at radius 2 is 1.79 bits per heavy atom. The summed E-state index contributed by atoms with van der Waals surface area (Å²) in [5.74, 6) is 0.749. The zero-order chi connectivity index (χ0) is 24.7. The minimum atomic E-state index is -1.53. The summed E-state index contributed by atoms with van der Waals surface area (Å²) in [4.78, 5) is 26.7. The van der Waals surface area contributed by atoms with Gasteiger partial charge in [-0.15, -0.1) is 0 Å². The van der Waals surface area contributed by atoms with Gasteiger partial charge in [0.15, 0.2) is 0 Å². The van der Waals surface area contributed by atoms with Crippen LogP contribution < -0.4 is 10.1 Å². The fourth-order valence-electron chi connectivity index (χ4n) is 3.79. The van der Waals surface area contributed by atoms with Gasteiger partial charge < -0.3 is 25.0 Å². The third-order valence-electron chi connectivity index (χ3n) is 5.66. The lowest BCUT2D eigenvalue weighted by Crippen LogP contribution is -2.56. The molecule has 0 spiro atoms. The summed E-state index contributed by atoms with van der Waals surface area (Å²) in [6.45, 7) is 4.88. The second-order valence-electron chi connectivity index (χ2n) is 8.86. The van der Waals surface area contributed by atoms with Gasteiger partial charge in [0.2, 0.25) is 0 Å². The predicted molar refractivity (Wildman–Crippen MR) is 124 cm³/mol. The number of hydrogen-bond acceptors (Lipinski definition) is 3. The Hall–Kier alpha value is -3.36. The van der Waals surface area contributed by atoms with Gasteiger partial charge in [-0.25, -0.2) is 18.4 Å². The molecule has 3 amide bonds. The number of carboxylic acid groups (broad SMARTS) is 1. The van der Waals surface area contributed by atoms with Crippen LogP contribution in [-0.4, -0.2) is 58.9 Å². The number of nitrogens with one attached hydrogen (secondary N) is 1. The van der Waals surface area contributed by atoms with Crippen LogP contribution in [0.2, 0.25) is 0 Å². The van der Waals surface area contributed by atoms with Crippen LogP contribution in [0.25, 0.3) is 0 Å². The summed E-state index contributed by atoms with van der Waals surface area (Å²) in [6.07, 6.45) is -2.55. The number of alkyl halides is 1. The van der Waals surface area contributed by atoms with E-state index in [9.17, 15) is 18.4 Å². The summed E-state index contributed by atoms with van der Waals surface area (Å²) in [7, 11) is 0. The standard InChI is InChI=1S/C25H31F2N3O4/c1-17(2)16-34-21-9-5-18(6-10-21)13-28-24(31)30(14-19-3-7-20(26)8-4-19)23-11-12-29(25(32)33)15-22(23)27/h3-10,17,22-23H,11-16H2,1-2H3,(H,28,31)(H,32,33)/t22-,23+/m1/s1. The van der Waals surface area contributed by atoms with Crippen molar-refractivity contribution >= 4 is 12.1 Å². The summed E-state index contributed by atoms with van der Waals surface area (Å²) < 4.78 is 34.0. The second-order valence-corrected chi connectivity index (χ2v) is 8.86. The van der Waals surface area contributed by atoms with Crippen LogP contribution in [0.3, 0.4) is 0 Å². The molecule has 2 aromatic carbocycles. The number of hydrogen-bond donors (Lipinski definition) is 2. The topological polar surface area (TPSA) is 82.1 Å². The molecule has 1 heterocycles. The van der Waals surface area contributed by atoms with Crippen LogP contribution in [0, 0.1) is 11.7 Å². The normalized spacial score (nSPS) is 18.0. The number of rotatable bonds is 8. The van der Waals surface area contributed by atoms with Crippen molar-refractivity contribution < 1.29 is 28.2 Å². The lowest BCUT2D eigenvalue weighted by atomic mass is 10.0. The van der Waals surface area contributed by atoms with Crippen molar-refractivity contribution in [3.8, 4) is 5.75 Å². The van der Waals surface area contributed by atoms with Crippen molar-refractivity contribution in [3.05, 3.63) is 65.5 Å². The number of urea groups is 1. The molecule has 2 aromatic rings. The highest BCUT2D eigenvalue weighted by Gasteiger charge is 2.37. The molecule has 9 heteroatoms. The molecule has 3 rings (SSSR count). The zero-order valence-corrected chi connectivity index (χ0v) is 19.4. The molecule has 0 unspecified atom stereocenters. The molecule has 34 heavy (non-hydrogen) atoms. The molecule has 0 aliphatic carbocycles. The smallest absolute Gasteiger partial charge is 0.407 e. The second kappa shape index (κ2) is 11.7. The number of likely N-dealkylation sites (tertiary alicyclic amines) is 1. The molecule has 1 aliphatic rings. The zero-order valence-electron chi connectivity index (χ0n) is 19.4. The van der Waals surface area contributed by atoms with E-state index in [4.69, 9.17) is 9.84 Å². The van der Waals surface area contributed by atoms with E-state index in [0.717, 1.165) is 16.2 Å². The third kappa shape index (κ3) is 7.07. The van der Waals surface area contributed by atoms with Gasteiger partial charge in [-0.1, -0.05) is 38.1 Å². The van der Waals surface area contributed by atoms with Gasteiger partial charge in [0, 0.05) is 19.6 Å². The minimum Gasteiger partial charge on any atom is -0.493 e. The quantitative estimate of drug-likeness (QED) is 0.582. The van der Waals surface area contributed by atoms with E-state index in [-0.39, 0.29) is 32.6 Å². The van der Waals surface area contributed by atoms with E-state index in [1.807, 2.05) is 24.3 Å². The molecular formula is C25H31F2N3O4. The molecule has 2 N–H and O–H groups in total. The van der Waals surface area contributed by atoms with Crippen LogP contribution in [-0.2, 0) is 13.1 Å². The van der Waals surface area contributed by atoms with Gasteiger partial charge in [0.25, 0.3) is 0 Å². The molecule has 2 atom stereocenters.